The molecule has 0 amide bonds. The van der Waals surface area contributed by atoms with E-state index in [4.69, 9.17) is 0 Å². The van der Waals surface area contributed by atoms with Crippen LogP contribution in [-0.2, 0) is 6.18 Å². The molecule has 1 fully saturated rings. The molecule has 1 aliphatic carbocycles. The Hall–Kier alpha value is -2.31. The molecule has 1 aliphatic rings. The molecule has 0 spiro atoms. The zero-order chi connectivity index (χ0) is 18.0. The van der Waals surface area contributed by atoms with E-state index in [1.807, 2.05) is 32.0 Å². The van der Waals surface area contributed by atoms with Gasteiger partial charge in [0.05, 0.1) is 0 Å². The normalized spacial score (nSPS) is 15.4. The van der Waals surface area contributed by atoms with Crippen LogP contribution < -0.4 is 10.6 Å². The van der Waals surface area contributed by atoms with Crippen molar-refractivity contribution in [2.24, 2.45) is 0 Å². The third-order valence-electron chi connectivity index (χ3n) is 4.20. The summed E-state index contributed by atoms with van der Waals surface area (Å²) in [4.78, 5) is 7.89. The quantitative estimate of drug-likeness (QED) is 0.795. The molecule has 7 heteroatoms. The number of anilines is 3. The maximum Gasteiger partial charge on any atom is 0.433 e. The first kappa shape index (κ1) is 17.5. The van der Waals surface area contributed by atoms with Gasteiger partial charge in [-0.3, -0.25) is 0 Å². The van der Waals surface area contributed by atoms with Crippen molar-refractivity contribution >= 4 is 17.5 Å². The van der Waals surface area contributed by atoms with E-state index in [0.717, 1.165) is 42.9 Å². The number of rotatable bonds is 4. The second-order valence-electron chi connectivity index (χ2n) is 6.59. The number of nitrogens with zero attached hydrogens (tertiary/aromatic N) is 2. The topological polar surface area (TPSA) is 49.8 Å². The summed E-state index contributed by atoms with van der Waals surface area (Å²) in [6.45, 7) is 3.87. The van der Waals surface area contributed by atoms with Crippen LogP contribution in [0.15, 0.2) is 24.3 Å². The number of hydrogen-bond acceptors (Lipinski definition) is 4. The number of halogens is 3. The summed E-state index contributed by atoms with van der Waals surface area (Å²) in [6.07, 6.45) is -0.512. The number of benzene rings is 1. The number of alkyl halides is 3. The first-order valence-electron chi connectivity index (χ1n) is 8.38. The summed E-state index contributed by atoms with van der Waals surface area (Å²) >= 11 is 0. The molecule has 0 aliphatic heterocycles. The minimum atomic E-state index is -4.52. The lowest BCUT2D eigenvalue weighted by Crippen LogP contribution is -2.19. The molecular formula is C18H21F3N4. The van der Waals surface area contributed by atoms with E-state index in [0.29, 0.717) is 5.69 Å². The molecule has 0 saturated heterocycles. The Balaban J connectivity index is 1.90. The maximum atomic E-state index is 13.2. The van der Waals surface area contributed by atoms with Crippen molar-refractivity contribution < 1.29 is 13.2 Å². The van der Waals surface area contributed by atoms with Gasteiger partial charge < -0.3 is 10.6 Å². The van der Waals surface area contributed by atoms with Gasteiger partial charge in [0, 0.05) is 17.8 Å². The zero-order valence-electron chi connectivity index (χ0n) is 14.2. The Kier molecular flexibility index (Phi) is 4.83. The van der Waals surface area contributed by atoms with Gasteiger partial charge in [-0.1, -0.05) is 18.9 Å². The van der Waals surface area contributed by atoms with Crippen LogP contribution in [-0.4, -0.2) is 16.0 Å². The molecule has 0 unspecified atom stereocenters. The van der Waals surface area contributed by atoms with Gasteiger partial charge in [0.15, 0.2) is 5.69 Å². The van der Waals surface area contributed by atoms with Gasteiger partial charge in [0.2, 0.25) is 5.95 Å². The molecule has 4 nitrogen and oxygen atoms in total. The van der Waals surface area contributed by atoms with Crippen LogP contribution in [0.25, 0.3) is 0 Å². The average Bonchev–Trinajstić information content (AvgIpc) is 2.97. The van der Waals surface area contributed by atoms with Gasteiger partial charge in [0.25, 0.3) is 0 Å². The van der Waals surface area contributed by atoms with Crippen LogP contribution in [0, 0.1) is 13.8 Å². The summed E-state index contributed by atoms with van der Waals surface area (Å²) in [7, 11) is 0. The van der Waals surface area contributed by atoms with E-state index >= 15 is 0 Å². The molecule has 2 aromatic rings. The minimum absolute atomic E-state index is 0.0219. The van der Waals surface area contributed by atoms with Gasteiger partial charge in [-0.2, -0.15) is 18.2 Å². The maximum absolute atomic E-state index is 13.2. The monoisotopic (exact) mass is 350 g/mol. The summed E-state index contributed by atoms with van der Waals surface area (Å²) in [5, 5.41) is 6.01. The Bertz CT molecular complexity index is 732. The zero-order valence-corrected chi connectivity index (χ0v) is 14.2. The Morgan fingerprint density at radius 3 is 2.20 bits per heavy atom. The van der Waals surface area contributed by atoms with Crippen molar-refractivity contribution in [3.8, 4) is 0 Å². The van der Waals surface area contributed by atoms with Crippen molar-refractivity contribution in [3.63, 3.8) is 0 Å². The third kappa shape index (κ3) is 4.61. The summed E-state index contributed by atoms with van der Waals surface area (Å²) < 4.78 is 39.5. The smallest absolute Gasteiger partial charge is 0.351 e. The fourth-order valence-electron chi connectivity index (χ4n) is 3.17. The molecule has 2 N–H and O–H groups in total. The number of aromatic nitrogens is 2. The summed E-state index contributed by atoms with van der Waals surface area (Å²) in [5.41, 5.74) is 1.81. The van der Waals surface area contributed by atoms with E-state index < -0.39 is 11.9 Å². The minimum Gasteiger partial charge on any atom is -0.351 e. The van der Waals surface area contributed by atoms with Crippen LogP contribution in [0.5, 0.6) is 0 Å². The van der Waals surface area contributed by atoms with Gasteiger partial charge in [-0.25, -0.2) is 4.98 Å². The number of hydrogen-bond donors (Lipinski definition) is 2. The van der Waals surface area contributed by atoms with E-state index in [9.17, 15) is 13.2 Å². The van der Waals surface area contributed by atoms with E-state index in [-0.39, 0.29) is 17.8 Å². The molecule has 1 aromatic carbocycles. The van der Waals surface area contributed by atoms with Crippen molar-refractivity contribution in [1.29, 1.82) is 0 Å². The highest BCUT2D eigenvalue weighted by atomic mass is 19.4. The molecule has 0 radical (unpaired) electrons. The van der Waals surface area contributed by atoms with E-state index in [1.165, 1.54) is 0 Å². The van der Waals surface area contributed by atoms with Crippen molar-refractivity contribution in [1.82, 2.24) is 9.97 Å². The van der Waals surface area contributed by atoms with Crippen LogP contribution in [0.3, 0.4) is 0 Å². The highest BCUT2D eigenvalue weighted by Gasteiger charge is 2.34. The first-order valence-corrected chi connectivity index (χ1v) is 8.38. The van der Waals surface area contributed by atoms with Gasteiger partial charge >= 0.3 is 6.18 Å². The molecule has 1 saturated carbocycles. The second kappa shape index (κ2) is 6.90. The largest absolute Gasteiger partial charge is 0.433 e. The standard InChI is InChI=1S/C18H21F3N4/c1-11-7-12(2)9-14(8-11)22-16-10-15(18(19,20)21)24-17(25-16)23-13-5-3-4-6-13/h7-10,13H,3-6H2,1-2H3,(H2,22,23,24,25). The number of nitrogens with one attached hydrogen (secondary N) is 2. The van der Waals surface area contributed by atoms with Gasteiger partial charge in [0.1, 0.15) is 5.82 Å². The molecule has 0 bridgehead atoms. The highest BCUT2D eigenvalue weighted by Crippen LogP contribution is 2.31. The van der Waals surface area contributed by atoms with E-state index in [2.05, 4.69) is 20.6 Å². The fraction of sp³-hybridized carbons (Fsp3) is 0.444. The molecule has 3 rings (SSSR count). The Labute approximate surface area is 144 Å². The predicted molar refractivity (Wildman–Crippen MR) is 92.1 cm³/mol. The SMILES string of the molecule is Cc1cc(C)cc(Nc2cc(C(F)(F)F)nc(NC3CCCC3)n2)c1. The van der Waals surface area contributed by atoms with Crippen molar-refractivity contribution in [3.05, 3.63) is 41.1 Å². The molecule has 0 atom stereocenters. The van der Waals surface area contributed by atoms with Gasteiger partial charge in [-0.15, -0.1) is 0 Å². The van der Waals surface area contributed by atoms with Crippen LogP contribution >= 0.6 is 0 Å². The second-order valence-corrected chi connectivity index (χ2v) is 6.59. The Morgan fingerprint density at radius 1 is 0.960 bits per heavy atom. The van der Waals surface area contributed by atoms with Crippen LogP contribution in [0.4, 0.5) is 30.6 Å². The lowest BCUT2D eigenvalue weighted by molar-refractivity contribution is -0.141. The van der Waals surface area contributed by atoms with Crippen molar-refractivity contribution in [2.45, 2.75) is 51.7 Å². The Morgan fingerprint density at radius 2 is 1.60 bits per heavy atom. The summed E-state index contributed by atoms with van der Waals surface area (Å²) in [5.74, 6) is 0.154. The van der Waals surface area contributed by atoms with Crippen LogP contribution in [0.2, 0.25) is 0 Å². The van der Waals surface area contributed by atoms with E-state index in [1.54, 1.807) is 0 Å². The molecular weight excluding hydrogens is 329 g/mol. The molecule has 1 aromatic heterocycles. The molecule has 25 heavy (non-hydrogen) atoms. The highest BCUT2D eigenvalue weighted by molar-refractivity contribution is 5.59. The number of aryl methyl sites for hydroxylation is 2. The molecule has 1 heterocycles. The third-order valence-corrected chi connectivity index (χ3v) is 4.20. The lowest BCUT2D eigenvalue weighted by atomic mass is 10.1. The summed E-state index contributed by atoms with van der Waals surface area (Å²) in [6, 6.07) is 6.81. The lowest BCUT2D eigenvalue weighted by Gasteiger charge is -2.16. The van der Waals surface area contributed by atoms with Crippen molar-refractivity contribution in [2.75, 3.05) is 10.6 Å². The molecule has 134 valence electrons. The van der Waals surface area contributed by atoms with Gasteiger partial charge in [-0.05, 0) is 49.9 Å². The average molecular weight is 350 g/mol. The fourth-order valence-corrected chi connectivity index (χ4v) is 3.17. The van der Waals surface area contributed by atoms with Crippen LogP contribution in [0.1, 0.15) is 42.5 Å². The first-order chi connectivity index (χ1) is 11.8. The predicted octanol–water partition coefficient (Wildman–Crippen LogP) is 5.21.